The largest absolute Gasteiger partial charge is 0.315 e. The first kappa shape index (κ1) is 13.5. The van der Waals surface area contributed by atoms with Gasteiger partial charge in [-0.2, -0.15) is 0 Å². The maximum absolute atomic E-state index is 5.83. The van der Waals surface area contributed by atoms with E-state index in [1.54, 1.807) is 0 Å². The van der Waals surface area contributed by atoms with Crippen LogP contribution in [0.4, 0.5) is 0 Å². The maximum atomic E-state index is 5.83. The molecule has 2 nitrogen and oxygen atoms in total. The van der Waals surface area contributed by atoms with Gasteiger partial charge in [-0.15, -0.1) is 0 Å². The van der Waals surface area contributed by atoms with Crippen LogP contribution in [-0.4, -0.2) is 38.1 Å². The number of nitrogens with zero attached hydrogens (tertiary/aromatic N) is 1. The molecule has 1 aromatic carbocycles. The van der Waals surface area contributed by atoms with E-state index in [1.807, 2.05) is 12.1 Å². The van der Waals surface area contributed by atoms with Gasteiger partial charge in [-0.3, -0.25) is 0 Å². The van der Waals surface area contributed by atoms with Crippen molar-refractivity contribution < 1.29 is 0 Å². The highest BCUT2D eigenvalue weighted by molar-refractivity contribution is 6.30. The zero-order valence-electron chi connectivity index (χ0n) is 10.2. The normalized spacial score (nSPS) is 11.0. The van der Waals surface area contributed by atoms with Gasteiger partial charge in [-0.05, 0) is 44.3 Å². The van der Waals surface area contributed by atoms with Gasteiger partial charge in [0.15, 0.2) is 0 Å². The highest BCUT2D eigenvalue weighted by atomic mass is 35.5. The standard InChI is InChI=1S/C13H21ClN2/c1-3-16(2)11-10-15-9-8-12-4-6-13(14)7-5-12/h4-7,15H,3,8-11H2,1-2H3. The van der Waals surface area contributed by atoms with Gasteiger partial charge in [0.25, 0.3) is 0 Å². The van der Waals surface area contributed by atoms with Crippen molar-refractivity contribution >= 4 is 11.6 Å². The maximum Gasteiger partial charge on any atom is 0.0406 e. The predicted octanol–water partition coefficient (Wildman–Crippen LogP) is 2.42. The average molecular weight is 241 g/mol. The lowest BCUT2D eigenvalue weighted by Gasteiger charge is -2.13. The van der Waals surface area contributed by atoms with Gasteiger partial charge in [0.1, 0.15) is 0 Å². The second-order valence-corrected chi connectivity index (χ2v) is 4.46. The van der Waals surface area contributed by atoms with E-state index < -0.39 is 0 Å². The van der Waals surface area contributed by atoms with Crippen LogP contribution in [0.3, 0.4) is 0 Å². The summed E-state index contributed by atoms with van der Waals surface area (Å²) in [6.07, 6.45) is 1.06. The average Bonchev–Trinajstić information content (AvgIpc) is 2.31. The molecule has 1 aromatic rings. The molecule has 0 amide bonds. The minimum absolute atomic E-state index is 0.807. The smallest absolute Gasteiger partial charge is 0.0406 e. The Morgan fingerprint density at radius 2 is 1.88 bits per heavy atom. The van der Waals surface area contributed by atoms with E-state index in [0.29, 0.717) is 0 Å². The summed E-state index contributed by atoms with van der Waals surface area (Å²) in [7, 11) is 2.14. The molecule has 0 aliphatic heterocycles. The second-order valence-electron chi connectivity index (χ2n) is 4.02. The van der Waals surface area contributed by atoms with E-state index in [0.717, 1.165) is 37.6 Å². The van der Waals surface area contributed by atoms with Gasteiger partial charge in [0.05, 0.1) is 0 Å². The molecule has 0 aliphatic carbocycles. The van der Waals surface area contributed by atoms with Gasteiger partial charge in [0.2, 0.25) is 0 Å². The summed E-state index contributed by atoms with van der Waals surface area (Å²) in [5.41, 5.74) is 1.33. The predicted molar refractivity (Wildman–Crippen MR) is 71.2 cm³/mol. The number of hydrogen-bond acceptors (Lipinski definition) is 2. The van der Waals surface area contributed by atoms with Crippen LogP contribution in [0.25, 0.3) is 0 Å². The molecule has 0 atom stereocenters. The molecule has 90 valence electrons. The quantitative estimate of drug-likeness (QED) is 0.737. The number of likely N-dealkylation sites (N-methyl/N-ethyl adjacent to an activating group) is 1. The Kier molecular flexibility index (Phi) is 6.46. The summed E-state index contributed by atoms with van der Waals surface area (Å²) in [6.45, 7) is 6.47. The second kappa shape index (κ2) is 7.66. The van der Waals surface area contributed by atoms with Gasteiger partial charge in [0, 0.05) is 18.1 Å². The van der Waals surface area contributed by atoms with E-state index >= 15 is 0 Å². The van der Waals surface area contributed by atoms with Crippen molar-refractivity contribution in [2.75, 3.05) is 33.2 Å². The molecular weight excluding hydrogens is 220 g/mol. The Labute approximate surface area is 104 Å². The highest BCUT2D eigenvalue weighted by Crippen LogP contribution is 2.09. The first-order valence-corrected chi connectivity index (χ1v) is 6.24. The lowest BCUT2D eigenvalue weighted by molar-refractivity contribution is 0.349. The molecule has 0 unspecified atom stereocenters. The number of benzene rings is 1. The van der Waals surface area contributed by atoms with Gasteiger partial charge in [-0.25, -0.2) is 0 Å². The molecule has 0 aliphatic rings. The zero-order chi connectivity index (χ0) is 11.8. The summed E-state index contributed by atoms with van der Waals surface area (Å²) >= 11 is 5.83. The fraction of sp³-hybridized carbons (Fsp3) is 0.538. The van der Waals surface area contributed by atoms with E-state index in [1.165, 1.54) is 5.56 Å². The number of rotatable bonds is 7. The summed E-state index contributed by atoms with van der Waals surface area (Å²) in [5.74, 6) is 0. The summed E-state index contributed by atoms with van der Waals surface area (Å²) in [4.78, 5) is 2.30. The lowest BCUT2D eigenvalue weighted by atomic mass is 10.1. The number of halogens is 1. The first-order valence-electron chi connectivity index (χ1n) is 5.86. The van der Waals surface area contributed by atoms with Crippen LogP contribution in [0.5, 0.6) is 0 Å². The van der Waals surface area contributed by atoms with Crippen LogP contribution in [0, 0.1) is 0 Å². The van der Waals surface area contributed by atoms with Gasteiger partial charge in [-0.1, -0.05) is 30.7 Å². The van der Waals surface area contributed by atoms with Crippen molar-refractivity contribution in [2.45, 2.75) is 13.3 Å². The molecule has 0 saturated carbocycles. The van der Waals surface area contributed by atoms with E-state index in [-0.39, 0.29) is 0 Å². The summed E-state index contributed by atoms with van der Waals surface area (Å²) < 4.78 is 0. The molecule has 16 heavy (non-hydrogen) atoms. The molecule has 0 fully saturated rings. The molecule has 0 spiro atoms. The third-order valence-electron chi connectivity index (χ3n) is 2.71. The zero-order valence-corrected chi connectivity index (χ0v) is 10.9. The lowest BCUT2D eigenvalue weighted by Crippen LogP contribution is -2.30. The molecule has 0 saturated heterocycles. The molecule has 3 heteroatoms. The highest BCUT2D eigenvalue weighted by Gasteiger charge is 1.95. The van der Waals surface area contributed by atoms with Crippen molar-refractivity contribution in [3.8, 4) is 0 Å². The first-order chi connectivity index (χ1) is 7.72. The topological polar surface area (TPSA) is 15.3 Å². The molecule has 1 rings (SSSR count). The van der Waals surface area contributed by atoms with Crippen LogP contribution in [0.15, 0.2) is 24.3 Å². The van der Waals surface area contributed by atoms with Crippen molar-refractivity contribution in [1.82, 2.24) is 10.2 Å². The molecule has 1 N–H and O–H groups in total. The molecule has 0 bridgehead atoms. The minimum atomic E-state index is 0.807. The fourth-order valence-electron chi connectivity index (χ4n) is 1.44. The Bertz CT molecular complexity index is 284. The monoisotopic (exact) mass is 240 g/mol. The van der Waals surface area contributed by atoms with Crippen LogP contribution in [-0.2, 0) is 6.42 Å². The Morgan fingerprint density at radius 3 is 2.50 bits per heavy atom. The molecule has 0 radical (unpaired) electrons. The van der Waals surface area contributed by atoms with Gasteiger partial charge >= 0.3 is 0 Å². The molecule has 0 heterocycles. The van der Waals surface area contributed by atoms with E-state index in [2.05, 4.69) is 36.3 Å². The van der Waals surface area contributed by atoms with Crippen molar-refractivity contribution in [3.63, 3.8) is 0 Å². The number of hydrogen-bond donors (Lipinski definition) is 1. The third kappa shape index (κ3) is 5.50. The van der Waals surface area contributed by atoms with E-state index in [4.69, 9.17) is 11.6 Å². The van der Waals surface area contributed by atoms with Crippen LogP contribution in [0.2, 0.25) is 5.02 Å². The fourth-order valence-corrected chi connectivity index (χ4v) is 1.56. The number of nitrogens with one attached hydrogen (secondary N) is 1. The molecular formula is C13H21ClN2. The van der Waals surface area contributed by atoms with E-state index in [9.17, 15) is 0 Å². The van der Waals surface area contributed by atoms with Crippen molar-refractivity contribution in [3.05, 3.63) is 34.9 Å². The SMILES string of the molecule is CCN(C)CCNCCc1ccc(Cl)cc1. The van der Waals surface area contributed by atoms with Crippen LogP contribution < -0.4 is 5.32 Å². The minimum Gasteiger partial charge on any atom is -0.315 e. The van der Waals surface area contributed by atoms with Crippen LogP contribution >= 0.6 is 11.6 Å². The van der Waals surface area contributed by atoms with Crippen molar-refractivity contribution in [1.29, 1.82) is 0 Å². The Morgan fingerprint density at radius 1 is 1.19 bits per heavy atom. The van der Waals surface area contributed by atoms with Gasteiger partial charge < -0.3 is 10.2 Å². The summed E-state index contributed by atoms with van der Waals surface area (Å²) in [6, 6.07) is 8.06. The summed E-state index contributed by atoms with van der Waals surface area (Å²) in [5, 5.41) is 4.25. The van der Waals surface area contributed by atoms with Crippen molar-refractivity contribution in [2.24, 2.45) is 0 Å². The molecule has 0 aromatic heterocycles. The van der Waals surface area contributed by atoms with Crippen LogP contribution in [0.1, 0.15) is 12.5 Å². The Hall–Kier alpha value is -0.570. The third-order valence-corrected chi connectivity index (χ3v) is 2.97. The Balaban J connectivity index is 2.09.